The van der Waals surface area contributed by atoms with Crippen LogP contribution in [0.15, 0.2) is 18.2 Å². The third-order valence-corrected chi connectivity index (χ3v) is 3.44. The van der Waals surface area contributed by atoms with E-state index in [0.29, 0.717) is 19.2 Å². The quantitative estimate of drug-likeness (QED) is 0.745. The molecular formula is C13H15Cl2F7N2. The van der Waals surface area contributed by atoms with Gasteiger partial charge in [-0.2, -0.15) is 26.3 Å². The fraction of sp³-hybridized carbons (Fsp3) is 0.538. The van der Waals surface area contributed by atoms with Crippen molar-refractivity contribution in [2.45, 2.75) is 18.4 Å². The van der Waals surface area contributed by atoms with Crippen molar-refractivity contribution < 1.29 is 30.7 Å². The highest BCUT2D eigenvalue weighted by atomic mass is 35.5. The molecule has 1 aromatic rings. The zero-order valence-corrected chi connectivity index (χ0v) is 13.7. The molecule has 1 saturated heterocycles. The number of piperazine rings is 1. The van der Waals surface area contributed by atoms with Crippen LogP contribution in [0.25, 0.3) is 0 Å². The minimum atomic E-state index is -5.04. The molecule has 1 N–H and O–H groups in total. The summed E-state index contributed by atoms with van der Waals surface area (Å²) in [5, 5.41) is 2.87. The van der Waals surface area contributed by atoms with Crippen molar-refractivity contribution in [1.29, 1.82) is 0 Å². The Hall–Kier alpha value is -0.770. The van der Waals surface area contributed by atoms with Crippen LogP contribution in [0, 0.1) is 5.82 Å². The van der Waals surface area contributed by atoms with Gasteiger partial charge in [0.1, 0.15) is 11.9 Å². The van der Waals surface area contributed by atoms with Gasteiger partial charge < -0.3 is 5.32 Å². The lowest BCUT2D eigenvalue weighted by atomic mass is 10.0. The van der Waals surface area contributed by atoms with Crippen LogP contribution in [0.5, 0.6) is 0 Å². The molecule has 1 aliphatic rings. The van der Waals surface area contributed by atoms with Crippen LogP contribution in [-0.4, -0.2) is 37.3 Å². The predicted octanol–water partition coefficient (Wildman–Crippen LogP) is 4.20. The maximum absolute atomic E-state index is 13.3. The summed E-state index contributed by atoms with van der Waals surface area (Å²) in [7, 11) is 0. The van der Waals surface area contributed by atoms with E-state index < -0.39 is 35.3 Å². The highest BCUT2D eigenvalue weighted by Crippen LogP contribution is 2.40. The van der Waals surface area contributed by atoms with E-state index in [9.17, 15) is 30.7 Å². The summed E-state index contributed by atoms with van der Waals surface area (Å²) in [5.74, 6) is -1.59. The summed E-state index contributed by atoms with van der Waals surface area (Å²) in [4.78, 5) is 1.05. The van der Waals surface area contributed by atoms with Gasteiger partial charge in [-0.3, -0.25) is 4.90 Å². The van der Waals surface area contributed by atoms with Crippen LogP contribution in [-0.2, 0) is 6.18 Å². The van der Waals surface area contributed by atoms with Crippen LogP contribution in [0.4, 0.5) is 30.7 Å². The van der Waals surface area contributed by atoms with Gasteiger partial charge in [0.2, 0.25) is 0 Å². The minimum absolute atomic E-state index is 0. The van der Waals surface area contributed by atoms with Crippen LogP contribution in [0.3, 0.4) is 0 Å². The summed E-state index contributed by atoms with van der Waals surface area (Å²) in [5.41, 5.74) is -2.29. The zero-order chi connectivity index (χ0) is 16.5. The largest absolute Gasteiger partial charge is 0.419 e. The molecule has 0 amide bonds. The van der Waals surface area contributed by atoms with E-state index in [1.54, 1.807) is 0 Å². The molecule has 0 saturated carbocycles. The normalized spacial score (nSPS) is 17.6. The number of hydrogen-bond donors (Lipinski definition) is 1. The molecule has 2 nitrogen and oxygen atoms in total. The van der Waals surface area contributed by atoms with E-state index in [4.69, 9.17) is 0 Å². The first-order chi connectivity index (χ1) is 10.1. The second kappa shape index (κ2) is 8.55. The molecule has 140 valence electrons. The molecule has 0 spiro atoms. The molecule has 1 fully saturated rings. The average molecular weight is 403 g/mol. The third kappa shape index (κ3) is 5.37. The first-order valence-corrected chi connectivity index (χ1v) is 6.49. The molecule has 0 aliphatic carbocycles. The van der Waals surface area contributed by atoms with Crippen LogP contribution in [0.2, 0.25) is 0 Å². The number of nitrogens with zero attached hydrogens (tertiary/aromatic N) is 1. The molecule has 1 heterocycles. The van der Waals surface area contributed by atoms with Crippen molar-refractivity contribution in [3.05, 3.63) is 35.1 Å². The summed E-state index contributed by atoms with van der Waals surface area (Å²) in [6.45, 7) is 0.700. The lowest BCUT2D eigenvalue weighted by Crippen LogP contribution is -2.49. The SMILES string of the molecule is Cl.Cl.Fc1ccc([C@H](N2CCNCC2)C(F)(F)F)cc1C(F)(F)F. The zero-order valence-electron chi connectivity index (χ0n) is 12.0. The Morgan fingerprint density at radius 1 is 0.958 bits per heavy atom. The number of halogens is 9. The smallest absolute Gasteiger partial charge is 0.314 e. The summed E-state index contributed by atoms with van der Waals surface area (Å²) in [6.07, 6.45) is -9.79. The van der Waals surface area contributed by atoms with Crippen molar-refractivity contribution in [3.63, 3.8) is 0 Å². The Bertz CT molecular complexity index is 528. The predicted molar refractivity (Wildman–Crippen MR) is 79.1 cm³/mol. The molecular weight excluding hydrogens is 388 g/mol. The Labute approximate surface area is 146 Å². The lowest BCUT2D eigenvalue weighted by molar-refractivity contribution is -0.188. The van der Waals surface area contributed by atoms with Crippen molar-refractivity contribution >= 4 is 24.8 Å². The molecule has 11 heteroatoms. The van der Waals surface area contributed by atoms with E-state index in [0.717, 1.165) is 11.0 Å². The number of nitrogens with one attached hydrogen (secondary N) is 1. The first-order valence-electron chi connectivity index (χ1n) is 6.49. The molecule has 0 unspecified atom stereocenters. The molecule has 0 bridgehead atoms. The van der Waals surface area contributed by atoms with Crippen LogP contribution < -0.4 is 5.32 Å². The molecule has 2 rings (SSSR count). The lowest BCUT2D eigenvalue weighted by Gasteiger charge is -2.36. The van der Waals surface area contributed by atoms with Gasteiger partial charge in [-0.25, -0.2) is 4.39 Å². The van der Waals surface area contributed by atoms with Gasteiger partial charge in [-0.15, -0.1) is 24.8 Å². The van der Waals surface area contributed by atoms with Gasteiger partial charge in [-0.05, 0) is 17.7 Å². The highest BCUT2D eigenvalue weighted by Gasteiger charge is 2.46. The summed E-state index contributed by atoms with van der Waals surface area (Å²) < 4.78 is 91.1. The first kappa shape index (κ1) is 23.2. The summed E-state index contributed by atoms with van der Waals surface area (Å²) >= 11 is 0. The molecule has 1 atom stereocenters. The molecule has 24 heavy (non-hydrogen) atoms. The molecule has 0 radical (unpaired) electrons. The van der Waals surface area contributed by atoms with Gasteiger partial charge >= 0.3 is 12.4 Å². The number of benzene rings is 1. The van der Waals surface area contributed by atoms with E-state index >= 15 is 0 Å². The van der Waals surface area contributed by atoms with Gasteiger partial charge in [0.25, 0.3) is 0 Å². The Morgan fingerprint density at radius 2 is 1.50 bits per heavy atom. The fourth-order valence-corrected chi connectivity index (χ4v) is 2.48. The monoisotopic (exact) mass is 402 g/mol. The second-order valence-corrected chi connectivity index (χ2v) is 4.97. The van der Waals surface area contributed by atoms with Crippen LogP contribution >= 0.6 is 24.8 Å². The van der Waals surface area contributed by atoms with Crippen molar-refractivity contribution in [1.82, 2.24) is 10.2 Å². The minimum Gasteiger partial charge on any atom is -0.314 e. The third-order valence-electron chi connectivity index (χ3n) is 3.44. The van der Waals surface area contributed by atoms with E-state index in [2.05, 4.69) is 5.32 Å². The maximum Gasteiger partial charge on any atom is 0.419 e. The van der Waals surface area contributed by atoms with Crippen molar-refractivity contribution in [2.24, 2.45) is 0 Å². The van der Waals surface area contributed by atoms with Crippen molar-refractivity contribution in [2.75, 3.05) is 26.2 Å². The molecule has 1 aromatic carbocycles. The van der Waals surface area contributed by atoms with E-state index in [1.165, 1.54) is 0 Å². The highest BCUT2D eigenvalue weighted by molar-refractivity contribution is 5.85. The Balaban J connectivity index is 0.00000264. The van der Waals surface area contributed by atoms with Gasteiger partial charge in [-0.1, -0.05) is 6.07 Å². The van der Waals surface area contributed by atoms with Gasteiger partial charge in [0, 0.05) is 26.2 Å². The van der Waals surface area contributed by atoms with Gasteiger partial charge in [0.05, 0.1) is 5.56 Å². The van der Waals surface area contributed by atoms with E-state index in [1.807, 2.05) is 0 Å². The molecule has 0 aromatic heterocycles. The summed E-state index contributed by atoms with van der Waals surface area (Å²) in [6, 6.07) is -0.754. The Kier molecular flexibility index (Phi) is 8.28. The number of alkyl halides is 6. The standard InChI is InChI=1S/C13H13F7N2.2ClH/c14-10-2-1-8(7-9(10)12(15,16)17)11(13(18,19)20)22-5-3-21-4-6-22;;/h1-2,7,11,21H,3-6H2;2*1H/t11-;;/m0../s1. The number of rotatable bonds is 2. The fourth-order valence-electron chi connectivity index (χ4n) is 2.48. The number of hydrogen-bond acceptors (Lipinski definition) is 2. The Morgan fingerprint density at radius 3 is 1.96 bits per heavy atom. The molecule has 1 aliphatic heterocycles. The second-order valence-electron chi connectivity index (χ2n) is 4.97. The topological polar surface area (TPSA) is 15.3 Å². The van der Waals surface area contributed by atoms with Crippen molar-refractivity contribution in [3.8, 4) is 0 Å². The van der Waals surface area contributed by atoms with E-state index in [-0.39, 0.29) is 44.0 Å². The van der Waals surface area contributed by atoms with Gasteiger partial charge in [0.15, 0.2) is 0 Å². The maximum atomic E-state index is 13.3. The average Bonchev–Trinajstić information content (AvgIpc) is 2.39. The van der Waals surface area contributed by atoms with Crippen LogP contribution in [0.1, 0.15) is 17.2 Å².